The van der Waals surface area contributed by atoms with Crippen LogP contribution in [0.4, 0.5) is 13.2 Å². The molecule has 0 aliphatic rings. The molecule has 128 valence electrons. The van der Waals surface area contributed by atoms with Gasteiger partial charge in [0.1, 0.15) is 17.3 Å². The number of rotatable bonds is 5. The van der Waals surface area contributed by atoms with Gasteiger partial charge in [-0.2, -0.15) is 8.78 Å². The Bertz CT molecular complexity index is 844. The van der Waals surface area contributed by atoms with Crippen LogP contribution in [0, 0.1) is 5.82 Å². The highest BCUT2D eigenvalue weighted by Gasteiger charge is 2.09. The Balaban J connectivity index is 1.86. The molecule has 0 saturated heterocycles. The zero-order chi connectivity index (χ0) is 17.8. The summed E-state index contributed by atoms with van der Waals surface area (Å²) < 4.78 is 48.2. The number of halogens is 3. The third-order valence-corrected chi connectivity index (χ3v) is 3.78. The van der Waals surface area contributed by atoms with Gasteiger partial charge in [0.05, 0.1) is 7.11 Å². The molecule has 0 saturated carbocycles. The number of ether oxygens (including phenoxy) is 2. The second-order valence-electron chi connectivity index (χ2n) is 5.33. The van der Waals surface area contributed by atoms with Crippen LogP contribution in [-0.4, -0.2) is 13.7 Å². The molecule has 3 aromatic rings. The normalized spacial score (nSPS) is 10.8. The standard InChI is InChI=1S/C20H15F3O2/c1-24-16-7-4-14(5-8-16)18-11-6-15(12-19(18)21)13-2-9-17(10-3-13)25-20(22)23/h2-12,20H,1H3. The first-order valence-electron chi connectivity index (χ1n) is 7.56. The molecule has 0 fully saturated rings. The van der Waals surface area contributed by atoms with Crippen LogP contribution in [0.2, 0.25) is 0 Å². The minimum atomic E-state index is -2.87. The quantitative estimate of drug-likeness (QED) is 0.585. The fourth-order valence-electron chi connectivity index (χ4n) is 2.53. The third-order valence-electron chi connectivity index (χ3n) is 3.78. The molecule has 0 heterocycles. The van der Waals surface area contributed by atoms with Gasteiger partial charge in [-0.15, -0.1) is 0 Å². The highest BCUT2D eigenvalue weighted by atomic mass is 19.3. The summed E-state index contributed by atoms with van der Waals surface area (Å²) >= 11 is 0. The zero-order valence-electron chi connectivity index (χ0n) is 13.4. The van der Waals surface area contributed by atoms with Crippen LogP contribution in [0.1, 0.15) is 0 Å². The minimum absolute atomic E-state index is 0.0640. The van der Waals surface area contributed by atoms with Gasteiger partial charge in [-0.05, 0) is 47.0 Å². The Labute approximate surface area is 143 Å². The van der Waals surface area contributed by atoms with Crippen LogP contribution in [0.5, 0.6) is 11.5 Å². The molecule has 0 spiro atoms. The largest absolute Gasteiger partial charge is 0.497 e. The van der Waals surface area contributed by atoms with Crippen molar-refractivity contribution in [2.24, 2.45) is 0 Å². The monoisotopic (exact) mass is 344 g/mol. The summed E-state index contributed by atoms with van der Waals surface area (Å²) in [7, 11) is 1.57. The van der Waals surface area contributed by atoms with Crippen molar-refractivity contribution in [3.05, 3.63) is 72.5 Å². The predicted octanol–water partition coefficient (Wildman–Crippen LogP) is 5.77. The van der Waals surface area contributed by atoms with Crippen LogP contribution in [0.15, 0.2) is 66.7 Å². The van der Waals surface area contributed by atoms with Gasteiger partial charge < -0.3 is 9.47 Å². The number of hydrogen-bond acceptors (Lipinski definition) is 2. The maximum atomic E-state index is 14.5. The summed E-state index contributed by atoms with van der Waals surface area (Å²) in [6.07, 6.45) is 0. The Hall–Kier alpha value is -2.95. The Morgan fingerprint density at radius 2 is 1.28 bits per heavy atom. The number of methoxy groups -OCH3 is 1. The van der Waals surface area contributed by atoms with E-state index in [1.54, 1.807) is 55.6 Å². The highest BCUT2D eigenvalue weighted by Crippen LogP contribution is 2.30. The first-order chi connectivity index (χ1) is 12.1. The summed E-state index contributed by atoms with van der Waals surface area (Å²) in [6.45, 7) is -2.87. The third kappa shape index (κ3) is 3.94. The van der Waals surface area contributed by atoms with Crippen molar-refractivity contribution in [2.45, 2.75) is 6.61 Å². The SMILES string of the molecule is COc1ccc(-c2ccc(-c3ccc(OC(F)F)cc3)cc2F)cc1. The molecule has 0 bridgehead atoms. The van der Waals surface area contributed by atoms with Gasteiger partial charge in [0.15, 0.2) is 0 Å². The van der Waals surface area contributed by atoms with E-state index >= 15 is 0 Å². The van der Waals surface area contributed by atoms with Crippen LogP contribution in [0.25, 0.3) is 22.3 Å². The van der Waals surface area contributed by atoms with Crippen molar-refractivity contribution in [1.29, 1.82) is 0 Å². The van der Waals surface area contributed by atoms with Crippen molar-refractivity contribution in [1.82, 2.24) is 0 Å². The molecule has 0 unspecified atom stereocenters. The lowest BCUT2D eigenvalue weighted by molar-refractivity contribution is -0.0498. The van der Waals surface area contributed by atoms with Gasteiger partial charge in [-0.1, -0.05) is 36.4 Å². The number of hydrogen-bond donors (Lipinski definition) is 0. The van der Waals surface area contributed by atoms with Gasteiger partial charge in [-0.25, -0.2) is 4.39 Å². The first kappa shape index (κ1) is 16.9. The second-order valence-corrected chi connectivity index (χ2v) is 5.33. The molecule has 25 heavy (non-hydrogen) atoms. The Kier molecular flexibility index (Phi) is 4.93. The molecule has 0 N–H and O–H groups in total. The number of benzene rings is 3. The Morgan fingerprint density at radius 3 is 1.84 bits per heavy atom. The van der Waals surface area contributed by atoms with Crippen LogP contribution < -0.4 is 9.47 Å². The smallest absolute Gasteiger partial charge is 0.387 e. The fourth-order valence-corrected chi connectivity index (χ4v) is 2.53. The summed E-state index contributed by atoms with van der Waals surface area (Å²) in [4.78, 5) is 0. The topological polar surface area (TPSA) is 18.5 Å². The molecular weight excluding hydrogens is 329 g/mol. The van der Waals surface area contributed by atoms with E-state index in [9.17, 15) is 13.2 Å². The van der Waals surface area contributed by atoms with E-state index in [2.05, 4.69) is 4.74 Å². The highest BCUT2D eigenvalue weighted by molar-refractivity contribution is 5.71. The lowest BCUT2D eigenvalue weighted by atomic mass is 9.99. The molecule has 0 aliphatic heterocycles. The Morgan fingerprint density at radius 1 is 0.720 bits per heavy atom. The predicted molar refractivity (Wildman–Crippen MR) is 90.5 cm³/mol. The van der Waals surface area contributed by atoms with Crippen molar-refractivity contribution >= 4 is 0 Å². The average molecular weight is 344 g/mol. The summed E-state index contributed by atoms with van der Waals surface area (Å²) in [6, 6.07) is 18.1. The van der Waals surface area contributed by atoms with E-state index in [1.807, 2.05) is 0 Å². The fraction of sp³-hybridized carbons (Fsp3) is 0.100. The molecular formula is C20H15F3O2. The molecule has 3 rings (SSSR count). The van der Waals surface area contributed by atoms with E-state index in [0.717, 1.165) is 5.56 Å². The molecule has 0 aromatic heterocycles. The van der Waals surface area contributed by atoms with Crippen molar-refractivity contribution in [2.75, 3.05) is 7.11 Å². The summed E-state index contributed by atoms with van der Waals surface area (Å²) in [5, 5.41) is 0. The molecule has 0 atom stereocenters. The molecule has 0 radical (unpaired) electrons. The van der Waals surface area contributed by atoms with E-state index in [4.69, 9.17) is 4.74 Å². The van der Waals surface area contributed by atoms with E-state index in [0.29, 0.717) is 22.4 Å². The molecule has 0 aliphatic carbocycles. The molecule has 2 nitrogen and oxygen atoms in total. The van der Waals surface area contributed by atoms with Crippen molar-refractivity contribution < 1.29 is 22.6 Å². The van der Waals surface area contributed by atoms with Crippen LogP contribution in [-0.2, 0) is 0 Å². The van der Waals surface area contributed by atoms with Gasteiger partial charge in [0.25, 0.3) is 0 Å². The number of alkyl halides is 2. The minimum Gasteiger partial charge on any atom is -0.497 e. The zero-order valence-corrected chi connectivity index (χ0v) is 13.4. The molecule has 0 amide bonds. The van der Waals surface area contributed by atoms with Gasteiger partial charge >= 0.3 is 6.61 Å². The maximum Gasteiger partial charge on any atom is 0.387 e. The van der Waals surface area contributed by atoms with Gasteiger partial charge in [0.2, 0.25) is 0 Å². The van der Waals surface area contributed by atoms with Crippen LogP contribution >= 0.6 is 0 Å². The van der Waals surface area contributed by atoms with E-state index in [-0.39, 0.29) is 11.6 Å². The van der Waals surface area contributed by atoms with Gasteiger partial charge in [0, 0.05) is 5.56 Å². The summed E-state index contributed by atoms with van der Waals surface area (Å²) in [5.41, 5.74) is 2.58. The lowest BCUT2D eigenvalue weighted by Gasteiger charge is -2.09. The molecule has 5 heteroatoms. The second kappa shape index (κ2) is 7.30. The van der Waals surface area contributed by atoms with Crippen LogP contribution in [0.3, 0.4) is 0 Å². The van der Waals surface area contributed by atoms with Crippen molar-refractivity contribution in [3.8, 4) is 33.8 Å². The average Bonchev–Trinajstić information content (AvgIpc) is 2.62. The van der Waals surface area contributed by atoms with E-state index < -0.39 is 6.61 Å². The lowest BCUT2D eigenvalue weighted by Crippen LogP contribution is -2.01. The van der Waals surface area contributed by atoms with E-state index in [1.165, 1.54) is 18.2 Å². The van der Waals surface area contributed by atoms with Gasteiger partial charge in [-0.3, -0.25) is 0 Å². The maximum absolute atomic E-state index is 14.5. The summed E-state index contributed by atoms with van der Waals surface area (Å²) in [5.74, 6) is 0.400. The van der Waals surface area contributed by atoms with Crippen molar-refractivity contribution in [3.63, 3.8) is 0 Å². The molecule has 3 aromatic carbocycles. The first-order valence-corrected chi connectivity index (χ1v) is 7.56.